The third-order valence-electron chi connectivity index (χ3n) is 6.50. The molecule has 0 saturated carbocycles. The van der Waals surface area contributed by atoms with Crippen molar-refractivity contribution in [2.24, 2.45) is 0 Å². The topological polar surface area (TPSA) is 79.7 Å². The molecule has 1 aromatic carbocycles. The number of anilines is 1. The first-order valence-electron chi connectivity index (χ1n) is 10.8. The Morgan fingerprint density at radius 1 is 1.06 bits per heavy atom. The molecule has 5 rings (SSSR count). The summed E-state index contributed by atoms with van der Waals surface area (Å²) < 4.78 is 21.6. The summed E-state index contributed by atoms with van der Waals surface area (Å²) >= 11 is 0. The van der Waals surface area contributed by atoms with Gasteiger partial charge in [0.25, 0.3) is 5.91 Å². The predicted molar refractivity (Wildman–Crippen MR) is 111 cm³/mol. The highest BCUT2D eigenvalue weighted by Crippen LogP contribution is 2.40. The Morgan fingerprint density at radius 3 is 2.48 bits per heavy atom. The molecule has 9 heteroatoms. The molecule has 1 atom stereocenters. The lowest BCUT2D eigenvalue weighted by Crippen LogP contribution is -2.55. The predicted octanol–water partition coefficient (Wildman–Crippen LogP) is 2.57. The summed E-state index contributed by atoms with van der Waals surface area (Å²) in [5, 5.41) is 2.81. The monoisotopic (exact) mass is 427 g/mol. The molecule has 0 aliphatic carbocycles. The Morgan fingerprint density at radius 2 is 1.77 bits per heavy atom. The molecule has 1 N–H and O–H groups in total. The van der Waals surface area contributed by atoms with Crippen LogP contribution in [0.3, 0.4) is 0 Å². The van der Waals surface area contributed by atoms with Crippen molar-refractivity contribution in [2.75, 3.05) is 31.5 Å². The number of aromatic nitrogens is 2. The van der Waals surface area contributed by atoms with E-state index >= 15 is 0 Å². The molecule has 2 saturated heterocycles. The molecular weight excluding hydrogens is 401 g/mol. The lowest BCUT2D eigenvalue weighted by Gasteiger charge is -2.45. The van der Waals surface area contributed by atoms with Crippen molar-refractivity contribution in [3.05, 3.63) is 48.3 Å². The summed E-state index contributed by atoms with van der Waals surface area (Å²) in [5.74, 6) is 0.533. The van der Waals surface area contributed by atoms with Gasteiger partial charge in [0.2, 0.25) is 0 Å². The molecule has 2 fully saturated rings. The third-order valence-corrected chi connectivity index (χ3v) is 6.50. The number of benzene rings is 1. The van der Waals surface area contributed by atoms with Crippen LogP contribution in [0.15, 0.2) is 36.7 Å². The van der Waals surface area contributed by atoms with Gasteiger partial charge < -0.3 is 24.4 Å². The minimum Gasteiger partial charge on any atom is -0.352 e. The van der Waals surface area contributed by atoms with Gasteiger partial charge in [-0.15, -0.1) is 0 Å². The number of carbonyl (C=O) groups is 2. The van der Waals surface area contributed by atoms with E-state index in [1.165, 1.54) is 24.3 Å². The minimum absolute atomic E-state index is 0.0488. The first-order valence-corrected chi connectivity index (χ1v) is 10.8. The van der Waals surface area contributed by atoms with Crippen molar-refractivity contribution < 1.29 is 18.7 Å². The summed E-state index contributed by atoms with van der Waals surface area (Å²) in [6, 6.07) is 5.47. The van der Waals surface area contributed by atoms with Crippen molar-refractivity contribution in [2.45, 2.75) is 43.9 Å². The van der Waals surface area contributed by atoms with Gasteiger partial charge in [-0.25, -0.2) is 14.2 Å². The maximum Gasteiger partial charge on any atom is 0.321 e. The van der Waals surface area contributed by atoms with Crippen LogP contribution < -0.4 is 5.32 Å². The van der Waals surface area contributed by atoms with E-state index in [2.05, 4.69) is 10.3 Å². The van der Waals surface area contributed by atoms with E-state index in [9.17, 15) is 14.0 Å². The Balaban J connectivity index is 1.28. The quantitative estimate of drug-likeness (QED) is 0.799. The van der Waals surface area contributed by atoms with Crippen LogP contribution in [0.25, 0.3) is 0 Å². The van der Waals surface area contributed by atoms with E-state index in [1.54, 1.807) is 11.1 Å². The zero-order chi connectivity index (χ0) is 21.4. The van der Waals surface area contributed by atoms with Crippen molar-refractivity contribution in [3.8, 4) is 0 Å². The molecular formula is C22H26FN5O3. The molecule has 2 aromatic rings. The summed E-state index contributed by atoms with van der Waals surface area (Å²) in [5.41, 5.74) is -0.124. The zero-order valence-electron chi connectivity index (χ0n) is 17.3. The highest BCUT2D eigenvalue weighted by atomic mass is 19.1. The van der Waals surface area contributed by atoms with Crippen molar-refractivity contribution >= 4 is 17.6 Å². The number of ether oxygens (including phenoxy) is 1. The molecule has 1 aromatic heterocycles. The van der Waals surface area contributed by atoms with Crippen LogP contribution >= 0.6 is 0 Å². The smallest absolute Gasteiger partial charge is 0.321 e. The average molecular weight is 427 g/mol. The van der Waals surface area contributed by atoms with E-state index in [4.69, 9.17) is 4.74 Å². The normalized spacial score (nSPS) is 22.4. The number of piperidine rings is 1. The van der Waals surface area contributed by atoms with E-state index in [0.717, 1.165) is 31.8 Å². The SMILES string of the molecule is O=C(Nc1ccc(F)cc1)N1CCC2(CC1)O[C@@H](C(=O)N1CCCC1)Cn1ccnc12. The number of hydrogen-bond donors (Lipinski definition) is 1. The number of urea groups is 1. The van der Waals surface area contributed by atoms with Crippen LogP contribution in [0.1, 0.15) is 31.5 Å². The minimum atomic E-state index is -0.672. The molecule has 3 amide bonds. The van der Waals surface area contributed by atoms with Gasteiger partial charge in [-0.1, -0.05) is 0 Å². The van der Waals surface area contributed by atoms with Crippen LogP contribution in [0.5, 0.6) is 0 Å². The van der Waals surface area contributed by atoms with Gasteiger partial charge in [0.15, 0.2) is 6.10 Å². The second kappa shape index (κ2) is 7.96. The van der Waals surface area contributed by atoms with Crippen molar-refractivity contribution in [1.82, 2.24) is 19.4 Å². The second-order valence-electron chi connectivity index (χ2n) is 8.46. The fraction of sp³-hybridized carbons (Fsp3) is 0.500. The first kappa shape index (κ1) is 20.0. The van der Waals surface area contributed by atoms with Crippen LogP contribution in [-0.2, 0) is 21.7 Å². The lowest BCUT2D eigenvalue weighted by atomic mass is 9.88. The van der Waals surface area contributed by atoms with E-state index in [1.807, 2.05) is 15.7 Å². The van der Waals surface area contributed by atoms with Crippen molar-refractivity contribution in [3.63, 3.8) is 0 Å². The molecule has 1 spiro atoms. The summed E-state index contributed by atoms with van der Waals surface area (Å²) in [7, 11) is 0. The van der Waals surface area contributed by atoms with Gasteiger partial charge in [0.1, 0.15) is 17.2 Å². The molecule has 0 radical (unpaired) electrons. The Hall–Kier alpha value is -2.94. The van der Waals surface area contributed by atoms with Crippen LogP contribution in [0, 0.1) is 5.82 Å². The van der Waals surface area contributed by atoms with Crippen molar-refractivity contribution in [1.29, 1.82) is 0 Å². The number of likely N-dealkylation sites (tertiary alicyclic amines) is 2. The second-order valence-corrected chi connectivity index (χ2v) is 8.46. The number of amides is 3. The summed E-state index contributed by atoms with van der Waals surface area (Å²) in [4.78, 5) is 33.8. The molecule has 3 aliphatic heterocycles. The highest BCUT2D eigenvalue weighted by Gasteiger charge is 2.48. The molecule has 0 unspecified atom stereocenters. The number of carbonyl (C=O) groups excluding carboxylic acids is 2. The first-order chi connectivity index (χ1) is 15.0. The van der Waals surface area contributed by atoms with E-state index < -0.39 is 11.7 Å². The number of fused-ring (bicyclic) bond motifs is 2. The van der Waals surface area contributed by atoms with Gasteiger partial charge in [0, 0.05) is 57.1 Å². The van der Waals surface area contributed by atoms with Gasteiger partial charge in [-0.3, -0.25) is 4.79 Å². The van der Waals surface area contributed by atoms with Crippen LogP contribution in [0.4, 0.5) is 14.9 Å². The molecule has 31 heavy (non-hydrogen) atoms. The number of imidazole rings is 1. The molecule has 8 nitrogen and oxygen atoms in total. The standard InChI is InChI=1S/C22H26FN5O3/c23-16-3-5-17(6-4-16)25-21(30)27-12-7-22(8-13-27)20-24-9-14-28(20)15-18(31-22)19(29)26-10-1-2-11-26/h3-6,9,14,18H,1-2,7-8,10-13,15H2,(H,25,30)/t18-/m1/s1. The number of rotatable bonds is 2. The average Bonchev–Trinajstić information content (AvgIpc) is 3.48. The Kier molecular flexibility index (Phi) is 5.13. The fourth-order valence-electron chi connectivity index (χ4n) is 4.81. The van der Waals surface area contributed by atoms with Gasteiger partial charge in [0.05, 0.1) is 6.54 Å². The number of halogens is 1. The highest BCUT2D eigenvalue weighted by molar-refractivity contribution is 5.89. The fourth-order valence-corrected chi connectivity index (χ4v) is 4.81. The largest absolute Gasteiger partial charge is 0.352 e. The number of nitrogens with zero attached hydrogens (tertiary/aromatic N) is 4. The van der Waals surface area contributed by atoms with Gasteiger partial charge in [-0.2, -0.15) is 0 Å². The van der Waals surface area contributed by atoms with Gasteiger partial charge >= 0.3 is 6.03 Å². The maximum atomic E-state index is 13.1. The van der Waals surface area contributed by atoms with Crippen LogP contribution in [0.2, 0.25) is 0 Å². The number of hydrogen-bond acceptors (Lipinski definition) is 4. The van der Waals surface area contributed by atoms with E-state index in [-0.39, 0.29) is 17.8 Å². The molecule has 4 heterocycles. The van der Waals surface area contributed by atoms with Crippen LogP contribution in [-0.4, -0.2) is 63.6 Å². The Bertz CT molecular complexity index is 962. The Labute approximate surface area is 180 Å². The third kappa shape index (κ3) is 3.78. The lowest BCUT2D eigenvalue weighted by molar-refractivity contribution is -0.178. The van der Waals surface area contributed by atoms with E-state index in [0.29, 0.717) is 38.2 Å². The zero-order valence-corrected chi connectivity index (χ0v) is 17.3. The molecule has 3 aliphatic rings. The molecule has 0 bridgehead atoms. The summed E-state index contributed by atoms with van der Waals surface area (Å²) in [6.45, 7) is 3.01. The number of nitrogens with one attached hydrogen (secondary N) is 1. The maximum absolute atomic E-state index is 13.1. The van der Waals surface area contributed by atoms with Gasteiger partial charge in [-0.05, 0) is 37.1 Å². The summed E-state index contributed by atoms with van der Waals surface area (Å²) in [6.07, 6.45) is 6.32. The molecule has 164 valence electrons.